The predicted molar refractivity (Wildman–Crippen MR) is 75.0 cm³/mol. The Balaban J connectivity index is 2.18. The summed E-state index contributed by atoms with van der Waals surface area (Å²) in [5.74, 6) is 0.702. The van der Waals surface area contributed by atoms with Crippen molar-refractivity contribution in [1.82, 2.24) is 4.98 Å². The van der Waals surface area contributed by atoms with Crippen LogP contribution in [0.1, 0.15) is 16.8 Å². The Kier molecular flexibility index (Phi) is 2.63. The van der Waals surface area contributed by atoms with E-state index in [1.54, 1.807) is 7.11 Å². The molecule has 3 rings (SSSR count). The van der Waals surface area contributed by atoms with Crippen molar-refractivity contribution in [1.29, 1.82) is 0 Å². The monoisotopic (exact) mass is 254 g/mol. The molecule has 0 aliphatic carbocycles. The van der Waals surface area contributed by atoms with Crippen molar-refractivity contribution in [2.45, 2.75) is 6.92 Å². The summed E-state index contributed by atoms with van der Waals surface area (Å²) in [4.78, 5) is 15.2. The number of amides is 1. The first-order valence-corrected chi connectivity index (χ1v) is 6.05. The van der Waals surface area contributed by atoms with E-state index in [-0.39, 0.29) is 5.91 Å². The minimum Gasteiger partial charge on any atom is -0.496 e. The molecule has 0 spiro atoms. The number of anilines is 1. The van der Waals surface area contributed by atoms with Gasteiger partial charge in [0.1, 0.15) is 5.75 Å². The number of methoxy groups -OCH3 is 1. The van der Waals surface area contributed by atoms with Gasteiger partial charge in [-0.2, -0.15) is 0 Å². The molecule has 0 unspecified atom stereocenters. The maximum atomic E-state index is 12.1. The molecule has 0 radical (unpaired) electrons. The van der Waals surface area contributed by atoms with Crippen LogP contribution in [0.15, 0.2) is 30.5 Å². The van der Waals surface area contributed by atoms with Gasteiger partial charge in [0.05, 0.1) is 12.7 Å². The van der Waals surface area contributed by atoms with Gasteiger partial charge in [-0.25, -0.2) is 0 Å². The SMILES string of the molecule is COc1ccc2c(c1C)C(=Cc1ccc[nH]1)C(=O)N2. The molecule has 0 saturated heterocycles. The van der Waals surface area contributed by atoms with Crippen molar-refractivity contribution in [3.63, 3.8) is 0 Å². The van der Waals surface area contributed by atoms with E-state index in [1.165, 1.54) is 0 Å². The average molecular weight is 254 g/mol. The Hall–Kier alpha value is -2.49. The van der Waals surface area contributed by atoms with Gasteiger partial charge in [0.15, 0.2) is 0 Å². The van der Waals surface area contributed by atoms with Crippen LogP contribution >= 0.6 is 0 Å². The molecule has 2 aromatic rings. The quantitative estimate of drug-likeness (QED) is 0.810. The fourth-order valence-corrected chi connectivity index (χ4v) is 2.40. The summed E-state index contributed by atoms with van der Waals surface area (Å²) >= 11 is 0. The second kappa shape index (κ2) is 4.31. The Morgan fingerprint density at radius 2 is 2.11 bits per heavy atom. The van der Waals surface area contributed by atoms with Crippen LogP contribution in [0.5, 0.6) is 5.75 Å². The Labute approximate surface area is 111 Å². The lowest BCUT2D eigenvalue weighted by atomic mass is 10.00. The molecule has 2 heterocycles. The van der Waals surface area contributed by atoms with Crippen LogP contribution in [0.4, 0.5) is 5.69 Å². The van der Waals surface area contributed by atoms with E-state index < -0.39 is 0 Å². The van der Waals surface area contributed by atoms with Gasteiger partial charge in [0.25, 0.3) is 5.91 Å². The second-order valence-corrected chi connectivity index (χ2v) is 4.45. The first kappa shape index (κ1) is 11.6. The lowest BCUT2D eigenvalue weighted by Gasteiger charge is -2.09. The van der Waals surface area contributed by atoms with Gasteiger partial charge in [-0.1, -0.05) is 0 Å². The van der Waals surface area contributed by atoms with Gasteiger partial charge in [-0.3, -0.25) is 4.79 Å². The number of hydrogen-bond acceptors (Lipinski definition) is 2. The zero-order valence-corrected chi connectivity index (χ0v) is 10.8. The number of H-pyrrole nitrogens is 1. The van der Waals surface area contributed by atoms with Crippen molar-refractivity contribution >= 4 is 23.2 Å². The highest BCUT2D eigenvalue weighted by Crippen LogP contribution is 2.39. The van der Waals surface area contributed by atoms with Crippen LogP contribution in [0.25, 0.3) is 11.6 Å². The summed E-state index contributed by atoms with van der Waals surface area (Å²) < 4.78 is 5.31. The number of hydrogen-bond donors (Lipinski definition) is 2. The Bertz CT molecular complexity index is 670. The number of carbonyl (C=O) groups is 1. The summed E-state index contributed by atoms with van der Waals surface area (Å²) in [6.07, 6.45) is 3.69. The van der Waals surface area contributed by atoms with Crippen LogP contribution in [-0.4, -0.2) is 18.0 Å². The molecule has 0 atom stereocenters. The third-order valence-corrected chi connectivity index (χ3v) is 3.32. The molecule has 1 aliphatic heterocycles. The van der Waals surface area contributed by atoms with Crippen molar-refractivity contribution in [2.75, 3.05) is 12.4 Å². The van der Waals surface area contributed by atoms with Crippen molar-refractivity contribution in [3.8, 4) is 5.75 Å². The van der Waals surface area contributed by atoms with Crippen LogP contribution in [0.3, 0.4) is 0 Å². The van der Waals surface area contributed by atoms with Crippen LogP contribution in [-0.2, 0) is 4.79 Å². The number of fused-ring (bicyclic) bond motifs is 1. The van der Waals surface area contributed by atoms with E-state index in [0.29, 0.717) is 5.57 Å². The van der Waals surface area contributed by atoms with Crippen LogP contribution in [0.2, 0.25) is 0 Å². The smallest absolute Gasteiger partial charge is 0.256 e. The normalized spacial score (nSPS) is 15.5. The molecule has 4 heteroatoms. The number of aromatic nitrogens is 1. The minimum atomic E-state index is -0.0825. The molecule has 19 heavy (non-hydrogen) atoms. The largest absolute Gasteiger partial charge is 0.496 e. The third-order valence-electron chi connectivity index (χ3n) is 3.32. The fourth-order valence-electron chi connectivity index (χ4n) is 2.40. The summed E-state index contributed by atoms with van der Waals surface area (Å²) in [6, 6.07) is 7.56. The summed E-state index contributed by atoms with van der Waals surface area (Å²) in [5, 5.41) is 2.88. The van der Waals surface area contributed by atoms with Crippen LogP contribution in [0, 0.1) is 6.92 Å². The third kappa shape index (κ3) is 1.81. The van der Waals surface area contributed by atoms with Crippen molar-refractivity contribution in [2.24, 2.45) is 0 Å². The number of ether oxygens (including phenoxy) is 1. The van der Waals surface area contributed by atoms with Crippen molar-refractivity contribution < 1.29 is 9.53 Å². The highest BCUT2D eigenvalue weighted by atomic mass is 16.5. The first-order valence-electron chi connectivity index (χ1n) is 6.05. The Morgan fingerprint density at radius 3 is 2.79 bits per heavy atom. The molecule has 1 aromatic carbocycles. The lowest BCUT2D eigenvalue weighted by Crippen LogP contribution is -2.03. The number of aromatic amines is 1. The number of carbonyl (C=O) groups excluding carboxylic acids is 1. The fraction of sp³-hybridized carbons (Fsp3) is 0.133. The molecule has 2 N–H and O–H groups in total. The van der Waals surface area contributed by atoms with Gasteiger partial charge in [-0.05, 0) is 37.3 Å². The van der Waals surface area contributed by atoms with E-state index in [0.717, 1.165) is 28.3 Å². The molecule has 0 saturated carbocycles. The van der Waals surface area contributed by atoms with Gasteiger partial charge >= 0.3 is 0 Å². The van der Waals surface area contributed by atoms with Gasteiger partial charge < -0.3 is 15.0 Å². The highest BCUT2D eigenvalue weighted by Gasteiger charge is 2.27. The number of rotatable bonds is 2. The molecule has 1 aromatic heterocycles. The maximum Gasteiger partial charge on any atom is 0.256 e. The molecule has 96 valence electrons. The minimum absolute atomic E-state index is 0.0825. The van der Waals surface area contributed by atoms with E-state index in [1.807, 2.05) is 43.5 Å². The summed E-state index contributed by atoms with van der Waals surface area (Å²) in [5.41, 5.74) is 4.28. The zero-order chi connectivity index (χ0) is 13.4. The topological polar surface area (TPSA) is 54.1 Å². The van der Waals surface area contributed by atoms with E-state index in [4.69, 9.17) is 4.74 Å². The molecule has 4 nitrogen and oxygen atoms in total. The summed E-state index contributed by atoms with van der Waals surface area (Å²) in [6.45, 7) is 1.96. The zero-order valence-electron chi connectivity index (χ0n) is 10.8. The molecular weight excluding hydrogens is 240 g/mol. The van der Waals surface area contributed by atoms with Gasteiger partial charge in [0.2, 0.25) is 0 Å². The highest BCUT2D eigenvalue weighted by molar-refractivity contribution is 6.35. The molecule has 0 fully saturated rings. The van der Waals surface area contributed by atoms with E-state index in [9.17, 15) is 4.79 Å². The van der Waals surface area contributed by atoms with E-state index in [2.05, 4.69) is 10.3 Å². The first-order chi connectivity index (χ1) is 9.20. The molecule has 1 aliphatic rings. The van der Waals surface area contributed by atoms with Gasteiger partial charge in [-0.15, -0.1) is 0 Å². The van der Waals surface area contributed by atoms with E-state index >= 15 is 0 Å². The standard InChI is InChI=1S/C15H14N2O2/c1-9-13(19-2)6-5-12-14(9)11(15(18)17-12)8-10-4-3-7-16-10/h3-8,16H,1-2H3,(H,17,18). The molecular formula is C15H14N2O2. The maximum absolute atomic E-state index is 12.1. The van der Waals surface area contributed by atoms with Crippen molar-refractivity contribution in [3.05, 3.63) is 47.3 Å². The van der Waals surface area contributed by atoms with Gasteiger partial charge in [0, 0.05) is 28.7 Å². The Morgan fingerprint density at radius 1 is 1.26 bits per heavy atom. The lowest BCUT2D eigenvalue weighted by molar-refractivity contribution is -0.110. The second-order valence-electron chi connectivity index (χ2n) is 4.45. The number of benzene rings is 1. The number of nitrogens with one attached hydrogen (secondary N) is 2. The average Bonchev–Trinajstić information content (AvgIpc) is 3.00. The molecule has 1 amide bonds. The summed E-state index contributed by atoms with van der Waals surface area (Å²) in [7, 11) is 1.63. The predicted octanol–water partition coefficient (Wildman–Crippen LogP) is 2.82. The molecule has 0 bridgehead atoms. The van der Waals surface area contributed by atoms with Crippen LogP contribution < -0.4 is 10.1 Å².